The molecular formula is C23H38O2S. The normalized spacial score (nSPS) is 16.7. The number of hydrogen-bond acceptors (Lipinski definition) is 2. The molecule has 0 saturated heterocycles. The van der Waals surface area contributed by atoms with Crippen LogP contribution in [0.2, 0.25) is 0 Å². The van der Waals surface area contributed by atoms with Crippen LogP contribution < -0.4 is 0 Å². The molecule has 0 heterocycles. The Morgan fingerprint density at radius 3 is 2.04 bits per heavy atom. The van der Waals surface area contributed by atoms with Crippen LogP contribution in [0.3, 0.4) is 0 Å². The maximum atomic E-state index is 12.1. The molecule has 0 radical (unpaired) electrons. The van der Waals surface area contributed by atoms with Gasteiger partial charge in [0.05, 0.1) is 10.5 Å². The molecule has 1 fully saturated rings. The van der Waals surface area contributed by atoms with Gasteiger partial charge in [0.15, 0.2) is 9.84 Å². The molecule has 1 aliphatic rings. The first kappa shape index (κ1) is 21.5. The third kappa shape index (κ3) is 6.72. The van der Waals surface area contributed by atoms with E-state index < -0.39 is 14.6 Å². The Hall–Kier alpha value is -0.830. The van der Waals surface area contributed by atoms with Crippen LogP contribution in [-0.4, -0.2) is 18.9 Å². The Morgan fingerprint density at radius 2 is 1.42 bits per heavy atom. The highest BCUT2D eigenvalue weighted by Gasteiger charge is 2.27. The van der Waals surface area contributed by atoms with Crippen molar-refractivity contribution in [1.29, 1.82) is 0 Å². The third-order valence-electron chi connectivity index (χ3n) is 5.87. The Kier molecular flexibility index (Phi) is 8.19. The zero-order valence-corrected chi connectivity index (χ0v) is 17.9. The molecule has 0 bridgehead atoms. The summed E-state index contributed by atoms with van der Waals surface area (Å²) in [6.45, 7) is 5.38. The van der Waals surface area contributed by atoms with Crippen molar-refractivity contribution in [3.05, 3.63) is 35.4 Å². The van der Waals surface area contributed by atoms with Gasteiger partial charge in [0.25, 0.3) is 0 Å². The molecule has 3 heteroatoms. The standard InChI is InChI=1S/C23H38O2S/c1-23(2,3)26(24,25)19-11-6-4-5-8-12-20-15-17-22(18-16-20)21-13-9-7-10-14-21/h15-18,21H,4-14,19H2,1-3H3. The van der Waals surface area contributed by atoms with Crippen molar-refractivity contribution in [2.24, 2.45) is 0 Å². The lowest BCUT2D eigenvalue weighted by Gasteiger charge is -2.22. The number of hydrogen-bond donors (Lipinski definition) is 0. The van der Waals surface area contributed by atoms with Crippen LogP contribution in [0, 0.1) is 0 Å². The number of unbranched alkanes of at least 4 members (excludes halogenated alkanes) is 4. The zero-order chi connectivity index (χ0) is 19.0. The molecule has 0 N–H and O–H groups in total. The topological polar surface area (TPSA) is 34.1 Å². The van der Waals surface area contributed by atoms with Gasteiger partial charge in [-0.25, -0.2) is 8.42 Å². The van der Waals surface area contributed by atoms with Crippen molar-refractivity contribution in [1.82, 2.24) is 0 Å². The van der Waals surface area contributed by atoms with Crippen molar-refractivity contribution < 1.29 is 8.42 Å². The summed E-state index contributed by atoms with van der Waals surface area (Å²) in [6, 6.07) is 9.34. The minimum absolute atomic E-state index is 0.332. The number of sulfone groups is 1. The largest absolute Gasteiger partial charge is 0.228 e. The molecule has 0 amide bonds. The second-order valence-electron chi connectivity index (χ2n) is 9.03. The highest BCUT2D eigenvalue weighted by Crippen LogP contribution is 2.32. The van der Waals surface area contributed by atoms with Gasteiger partial charge in [-0.3, -0.25) is 0 Å². The van der Waals surface area contributed by atoms with E-state index in [-0.39, 0.29) is 0 Å². The predicted octanol–water partition coefficient (Wildman–Crippen LogP) is 6.44. The fourth-order valence-corrected chi connectivity index (χ4v) is 5.05. The first-order chi connectivity index (χ1) is 12.3. The van der Waals surface area contributed by atoms with Gasteiger partial charge in [0.1, 0.15) is 0 Å². The van der Waals surface area contributed by atoms with E-state index in [1.165, 1.54) is 56.1 Å². The molecular weight excluding hydrogens is 340 g/mol. The quantitative estimate of drug-likeness (QED) is 0.463. The van der Waals surface area contributed by atoms with Gasteiger partial charge >= 0.3 is 0 Å². The molecule has 0 aliphatic heterocycles. The van der Waals surface area contributed by atoms with E-state index in [4.69, 9.17) is 0 Å². The van der Waals surface area contributed by atoms with E-state index in [1.807, 2.05) is 0 Å². The Bertz CT molecular complexity index is 617. The maximum absolute atomic E-state index is 12.1. The molecule has 1 aromatic carbocycles. The summed E-state index contributed by atoms with van der Waals surface area (Å²) >= 11 is 0. The van der Waals surface area contributed by atoms with Crippen molar-refractivity contribution in [2.45, 2.75) is 102 Å². The summed E-state index contributed by atoms with van der Waals surface area (Å²) in [4.78, 5) is 0. The highest BCUT2D eigenvalue weighted by atomic mass is 32.2. The maximum Gasteiger partial charge on any atom is 0.155 e. The monoisotopic (exact) mass is 378 g/mol. The minimum Gasteiger partial charge on any atom is -0.228 e. The molecule has 148 valence electrons. The molecule has 1 saturated carbocycles. The van der Waals surface area contributed by atoms with Crippen LogP contribution >= 0.6 is 0 Å². The molecule has 2 rings (SSSR count). The molecule has 26 heavy (non-hydrogen) atoms. The van der Waals surface area contributed by atoms with E-state index in [9.17, 15) is 8.42 Å². The second kappa shape index (κ2) is 9.92. The molecule has 2 nitrogen and oxygen atoms in total. The van der Waals surface area contributed by atoms with Crippen molar-refractivity contribution in [2.75, 3.05) is 5.75 Å². The number of aryl methyl sites for hydroxylation is 1. The van der Waals surface area contributed by atoms with Gasteiger partial charge in [0, 0.05) is 0 Å². The number of rotatable bonds is 9. The summed E-state index contributed by atoms with van der Waals surface area (Å²) in [5.74, 6) is 1.13. The van der Waals surface area contributed by atoms with Gasteiger partial charge in [-0.1, -0.05) is 62.8 Å². The fourth-order valence-electron chi connectivity index (χ4n) is 3.85. The van der Waals surface area contributed by atoms with Gasteiger partial charge in [-0.2, -0.15) is 0 Å². The SMILES string of the molecule is CC(C)(C)S(=O)(=O)CCCCCCCc1ccc(C2CCCCC2)cc1. The Morgan fingerprint density at radius 1 is 0.846 bits per heavy atom. The van der Waals surface area contributed by atoms with Gasteiger partial charge in [-0.15, -0.1) is 0 Å². The van der Waals surface area contributed by atoms with Crippen LogP contribution in [0.4, 0.5) is 0 Å². The summed E-state index contributed by atoms with van der Waals surface area (Å²) in [5.41, 5.74) is 2.98. The minimum atomic E-state index is -2.95. The summed E-state index contributed by atoms with van der Waals surface area (Å²) < 4.78 is 23.5. The average Bonchev–Trinajstić information content (AvgIpc) is 2.61. The smallest absolute Gasteiger partial charge is 0.155 e. The number of benzene rings is 1. The Labute approximate surface area is 161 Å². The van der Waals surface area contributed by atoms with E-state index in [0.29, 0.717) is 5.75 Å². The summed E-state index contributed by atoms with van der Waals surface area (Å²) in [5, 5.41) is 0. The molecule has 0 unspecified atom stereocenters. The summed E-state index contributed by atoms with van der Waals surface area (Å²) in [6.07, 6.45) is 13.4. The van der Waals surface area contributed by atoms with Crippen molar-refractivity contribution in [3.8, 4) is 0 Å². The second-order valence-corrected chi connectivity index (χ2v) is 11.9. The van der Waals surface area contributed by atoms with Crippen LogP contribution in [0.25, 0.3) is 0 Å². The molecule has 0 spiro atoms. The average molecular weight is 379 g/mol. The van der Waals surface area contributed by atoms with E-state index in [0.717, 1.165) is 31.6 Å². The summed E-state index contributed by atoms with van der Waals surface area (Å²) in [7, 11) is -2.95. The van der Waals surface area contributed by atoms with Gasteiger partial charge < -0.3 is 0 Å². The zero-order valence-electron chi connectivity index (χ0n) is 17.1. The first-order valence-corrected chi connectivity index (χ1v) is 12.3. The molecule has 1 aliphatic carbocycles. The van der Waals surface area contributed by atoms with Crippen LogP contribution in [0.1, 0.15) is 102 Å². The Balaban J connectivity index is 1.60. The van der Waals surface area contributed by atoms with Crippen molar-refractivity contribution in [3.63, 3.8) is 0 Å². The lowest BCUT2D eigenvalue weighted by Crippen LogP contribution is -2.30. The van der Waals surface area contributed by atoms with Crippen LogP contribution in [0.5, 0.6) is 0 Å². The van der Waals surface area contributed by atoms with E-state index in [2.05, 4.69) is 24.3 Å². The van der Waals surface area contributed by atoms with Crippen LogP contribution in [0.15, 0.2) is 24.3 Å². The first-order valence-electron chi connectivity index (χ1n) is 10.6. The lowest BCUT2D eigenvalue weighted by atomic mass is 9.84. The van der Waals surface area contributed by atoms with Gasteiger partial charge in [0.2, 0.25) is 0 Å². The predicted molar refractivity (Wildman–Crippen MR) is 113 cm³/mol. The molecule has 0 aromatic heterocycles. The van der Waals surface area contributed by atoms with Crippen molar-refractivity contribution >= 4 is 9.84 Å². The van der Waals surface area contributed by atoms with E-state index in [1.54, 1.807) is 20.8 Å². The molecule has 1 aromatic rings. The molecule has 0 atom stereocenters. The van der Waals surface area contributed by atoms with Gasteiger partial charge in [-0.05, 0) is 69.9 Å². The van der Waals surface area contributed by atoms with E-state index >= 15 is 0 Å². The fraction of sp³-hybridized carbons (Fsp3) is 0.739. The van der Waals surface area contributed by atoms with Crippen LogP contribution in [-0.2, 0) is 16.3 Å². The highest BCUT2D eigenvalue weighted by molar-refractivity contribution is 7.92. The lowest BCUT2D eigenvalue weighted by molar-refractivity contribution is 0.443. The third-order valence-corrected chi connectivity index (χ3v) is 8.56.